The zero-order chi connectivity index (χ0) is 13.8. The van der Waals surface area contributed by atoms with Gasteiger partial charge >= 0.3 is 0 Å². The van der Waals surface area contributed by atoms with Gasteiger partial charge in [0.2, 0.25) is 5.91 Å². The maximum atomic E-state index is 12.1. The van der Waals surface area contributed by atoms with Crippen molar-refractivity contribution in [3.8, 4) is 0 Å². The van der Waals surface area contributed by atoms with Crippen LogP contribution in [0.15, 0.2) is 18.2 Å². The van der Waals surface area contributed by atoms with Gasteiger partial charge in [0.25, 0.3) is 0 Å². The predicted octanol–water partition coefficient (Wildman–Crippen LogP) is 2.97. The third-order valence-electron chi connectivity index (χ3n) is 3.86. The Balaban J connectivity index is 1.92. The molecule has 1 aromatic carbocycles. The Hall–Kier alpha value is -1.35. The molecule has 0 aromatic heterocycles. The molecule has 1 amide bonds. The minimum atomic E-state index is 0.147. The molecule has 2 rings (SSSR count). The number of hydrogen-bond acceptors (Lipinski definition) is 2. The summed E-state index contributed by atoms with van der Waals surface area (Å²) in [5.74, 6) is 0.651. The first-order chi connectivity index (χ1) is 9.04. The Morgan fingerprint density at radius 1 is 1.42 bits per heavy atom. The number of carbonyl (C=O) groups is 1. The van der Waals surface area contributed by atoms with Crippen LogP contribution in [0.4, 0.5) is 5.69 Å². The molecule has 1 aliphatic heterocycles. The lowest BCUT2D eigenvalue weighted by Gasteiger charge is -2.29. The van der Waals surface area contributed by atoms with Crippen molar-refractivity contribution in [1.29, 1.82) is 0 Å². The Labute approximate surface area is 116 Å². The fourth-order valence-electron chi connectivity index (χ4n) is 2.77. The van der Waals surface area contributed by atoms with Crippen LogP contribution in [-0.2, 0) is 4.79 Å². The molecule has 1 heterocycles. The minimum absolute atomic E-state index is 0.147. The Morgan fingerprint density at radius 3 is 2.95 bits per heavy atom. The maximum absolute atomic E-state index is 12.1. The molecular weight excluding hydrogens is 236 g/mol. The van der Waals surface area contributed by atoms with E-state index in [0.717, 1.165) is 24.3 Å². The summed E-state index contributed by atoms with van der Waals surface area (Å²) in [6, 6.07) is 6.17. The Kier molecular flexibility index (Phi) is 4.59. The van der Waals surface area contributed by atoms with E-state index in [1.807, 2.05) is 19.9 Å². The molecule has 3 nitrogen and oxygen atoms in total. The van der Waals surface area contributed by atoms with E-state index in [1.54, 1.807) is 0 Å². The van der Waals surface area contributed by atoms with Gasteiger partial charge in [-0.2, -0.15) is 0 Å². The van der Waals surface area contributed by atoms with E-state index < -0.39 is 0 Å². The molecule has 0 spiro atoms. The number of amides is 1. The van der Waals surface area contributed by atoms with Crippen LogP contribution in [-0.4, -0.2) is 30.9 Å². The van der Waals surface area contributed by atoms with Gasteiger partial charge in [0.1, 0.15) is 0 Å². The molecule has 1 aliphatic rings. The van der Waals surface area contributed by atoms with E-state index in [-0.39, 0.29) is 5.91 Å². The van der Waals surface area contributed by atoms with Crippen molar-refractivity contribution >= 4 is 11.6 Å². The predicted molar refractivity (Wildman–Crippen MR) is 79.4 cm³/mol. The third-order valence-corrected chi connectivity index (χ3v) is 3.86. The first kappa shape index (κ1) is 14.1. The zero-order valence-electron chi connectivity index (χ0n) is 12.2. The number of aryl methyl sites for hydroxylation is 2. The number of nitrogens with one attached hydrogen (secondary N) is 1. The van der Waals surface area contributed by atoms with Gasteiger partial charge in [-0.25, -0.2) is 0 Å². The lowest BCUT2D eigenvalue weighted by Crippen LogP contribution is -2.34. The van der Waals surface area contributed by atoms with Crippen LogP contribution < -0.4 is 5.32 Å². The molecular formula is C16H24N2O. The molecule has 1 N–H and O–H groups in total. The highest BCUT2D eigenvalue weighted by molar-refractivity contribution is 5.91. The molecule has 0 aliphatic carbocycles. The molecule has 1 saturated heterocycles. The van der Waals surface area contributed by atoms with Crippen molar-refractivity contribution in [3.63, 3.8) is 0 Å². The van der Waals surface area contributed by atoms with Gasteiger partial charge < -0.3 is 10.2 Å². The second-order valence-electron chi connectivity index (χ2n) is 5.84. The lowest BCUT2D eigenvalue weighted by molar-refractivity contribution is -0.117. The molecule has 0 saturated carbocycles. The summed E-state index contributed by atoms with van der Waals surface area (Å²) in [5.41, 5.74) is 3.26. The monoisotopic (exact) mass is 260 g/mol. The van der Waals surface area contributed by atoms with Gasteiger partial charge in [0.15, 0.2) is 0 Å². The standard InChI is InChI=1S/C16H24N2O/c1-12-6-7-13(2)15(9-12)17-16(19)10-14-5-4-8-18(3)11-14/h6-7,9,14H,4-5,8,10-11H2,1-3H3,(H,17,19). The minimum Gasteiger partial charge on any atom is -0.326 e. The average Bonchev–Trinajstić information content (AvgIpc) is 2.34. The van der Waals surface area contributed by atoms with Gasteiger partial charge in [0.05, 0.1) is 0 Å². The molecule has 104 valence electrons. The molecule has 0 radical (unpaired) electrons. The summed E-state index contributed by atoms with van der Waals surface area (Å²) in [5, 5.41) is 3.06. The molecule has 3 heteroatoms. The Bertz CT molecular complexity index is 456. The van der Waals surface area contributed by atoms with Crippen molar-refractivity contribution in [2.45, 2.75) is 33.1 Å². The van der Waals surface area contributed by atoms with Crippen LogP contribution in [0.3, 0.4) is 0 Å². The number of anilines is 1. The first-order valence-corrected chi connectivity index (χ1v) is 7.10. The number of carbonyl (C=O) groups excluding carboxylic acids is 1. The third kappa shape index (κ3) is 4.06. The van der Waals surface area contributed by atoms with Crippen LogP contribution in [0.2, 0.25) is 0 Å². The fourth-order valence-corrected chi connectivity index (χ4v) is 2.77. The van der Waals surface area contributed by atoms with Crippen molar-refractivity contribution in [3.05, 3.63) is 29.3 Å². The summed E-state index contributed by atoms with van der Waals surface area (Å²) in [4.78, 5) is 14.4. The summed E-state index contributed by atoms with van der Waals surface area (Å²) in [6.07, 6.45) is 3.01. The molecule has 1 atom stereocenters. The average molecular weight is 260 g/mol. The first-order valence-electron chi connectivity index (χ1n) is 7.10. The number of rotatable bonds is 3. The number of likely N-dealkylation sites (tertiary alicyclic amines) is 1. The van der Waals surface area contributed by atoms with E-state index in [2.05, 4.69) is 29.4 Å². The number of benzene rings is 1. The van der Waals surface area contributed by atoms with Crippen molar-refractivity contribution in [2.75, 3.05) is 25.5 Å². The summed E-state index contributed by atoms with van der Waals surface area (Å²) in [6.45, 7) is 6.28. The van der Waals surface area contributed by atoms with E-state index in [0.29, 0.717) is 12.3 Å². The van der Waals surface area contributed by atoms with E-state index >= 15 is 0 Å². The van der Waals surface area contributed by atoms with Crippen LogP contribution >= 0.6 is 0 Å². The SMILES string of the molecule is Cc1ccc(C)c(NC(=O)CC2CCCN(C)C2)c1. The van der Waals surface area contributed by atoms with Crippen LogP contribution in [0, 0.1) is 19.8 Å². The highest BCUT2D eigenvalue weighted by atomic mass is 16.1. The van der Waals surface area contributed by atoms with Crippen LogP contribution in [0.1, 0.15) is 30.4 Å². The number of piperidine rings is 1. The van der Waals surface area contributed by atoms with Crippen molar-refractivity contribution < 1.29 is 4.79 Å². The van der Waals surface area contributed by atoms with Gasteiger partial charge in [-0.1, -0.05) is 12.1 Å². The molecule has 1 fully saturated rings. The van der Waals surface area contributed by atoms with E-state index in [9.17, 15) is 4.79 Å². The normalized spacial score (nSPS) is 20.3. The molecule has 19 heavy (non-hydrogen) atoms. The van der Waals surface area contributed by atoms with Crippen molar-refractivity contribution in [1.82, 2.24) is 4.90 Å². The molecule has 1 unspecified atom stereocenters. The second-order valence-corrected chi connectivity index (χ2v) is 5.84. The second kappa shape index (κ2) is 6.20. The Morgan fingerprint density at radius 2 is 2.21 bits per heavy atom. The van der Waals surface area contributed by atoms with Crippen molar-refractivity contribution in [2.24, 2.45) is 5.92 Å². The smallest absolute Gasteiger partial charge is 0.224 e. The van der Waals surface area contributed by atoms with E-state index in [1.165, 1.54) is 18.4 Å². The van der Waals surface area contributed by atoms with Gasteiger partial charge in [-0.15, -0.1) is 0 Å². The van der Waals surface area contributed by atoms with Gasteiger partial charge in [-0.3, -0.25) is 4.79 Å². The summed E-state index contributed by atoms with van der Waals surface area (Å²) in [7, 11) is 2.13. The molecule has 0 bridgehead atoms. The lowest BCUT2D eigenvalue weighted by atomic mass is 9.95. The van der Waals surface area contributed by atoms with Crippen LogP contribution in [0.25, 0.3) is 0 Å². The largest absolute Gasteiger partial charge is 0.326 e. The highest BCUT2D eigenvalue weighted by Gasteiger charge is 2.20. The van der Waals surface area contributed by atoms with Gasteiger partial charge in [0, 0.05) is 18.7 Å². The zero-order valence-corrected chi connectivity index (χ0v) is 12.2. The van der Waals surface area contributed by atoms with Crippen LogP contribution in [0.5, 0.6) is 0 Å². The van der Waals surface area contributed by atoms with E-state index in [4.69, 9.17) is 0 Å². The summed E-state index contributed by atoms with van der Waals surface area (Å²) >= 11 is 0. The summed E-state index contributed by atoms with van der Waals surface area (Å²) < 4.78 is 0. The maximum Gasteiger partial charge on any atom is 0.224 e. The fraction of sp³-hybridized carbons (Fsp3) is 0.562. The molecule has 1 aromatic rings. The quantitative estimate of drug-likeness (QED) is 0.906. The topological polar surface area (TPSA) is 32.3 Å². The highest BCUT2D eigenvalue weighted by Crippen LogP contribution is 2.21. The van der Waals surface area contributed by atoms with Gasteiger partial charge in [-0.05, 0) is 63.4 Å². The number of nitrogens with zero attached hydrogens (tertiary/aromatic N) is 1. The number of hydrogen-bond donors (Lipinski definition) is 1.